The third-order valence-corrected chi connectivity index (χ3v) is 5.71. The molecule has 3 heterocycles. The largest absolute Gasteiger partial charge is 0.361 e. The van der Waals surface area contributed by atoms with Crippen LogP contribution in [0.5, 0.6) is 0 Å². The van der Waals surface area contributed by atoms with Gasteiger partial charge in [0.25, 0.3) is 0 Å². The van der Waals surface area contributed by atoms with Gasteiger partial charge in [-0.2, -0.15) is 5.10 Å². The van der Waals surface area contributed by atoms with Gasteiger partial charge in [0.15, 0.2) is 10.9 Å². The van der Waals surface area contributed by atoms with E-state index in [0.717, 1.165) is 22.6 Å². The number of carbonyl (C=O) groups excluding carboxylic acids is 1. The monoisotopic (exact) mass is 427 g/mol. The lowest BCUT2D eigenvalue weighted by Gasteiger charge is -2.00. The lowest BCUT2D eigenvalue weighted by Crippen LogP contribution is -2.24. The van der Waals surface area contributed by atoms with E-state index in [0.29, 0.717) is 27.9 Å². The van der Waals surface area contributed by atoms with Crippen LogP contribution >= 0.6 is 11.3 Å². The predicted molar refractivity (Wildman–Crippen MR) is 108 cm³/mol. The molecule has 4 aromatic rings. The first kappa shape index (κ1) is 19.9. The zero-order valence-corrected chi connectivity index (χ0v) is 17.1. The van der Waals surface area contributed by atoms with E-state index in [2.05, 4.69) is 15.2 Å². The third-order valence-electron chi connectivity index (χ3n) is 4.51. The average molecular weight is 427 g/mol. The van der Waals surface area contributed by atoms with Crippen LogP contribution in [-0.4, -0.2) is 30.3 Å². The van der Waals surface area contributed by atoms with Crippen molar-refractivity contribution in [3.05, 3.63) is 80.5 Å². The fourth-order valence-electron chi connectivity index (χ4n) is 2.97. The molecule has 0 aliphatic heterocycles. The highest BCUT2D eigenvalue weighted by Gasteiger charge is 2.19. The highest BCUT2D eigenvalue weighted by Crippen LogP contribution is 2.23. The molecule has 0 spiro atoms. The van der Waals surface area contributed by atoms with Crippen LogP contribution in [0.1, 0.15) is 38.8 Å². The number of nitrogens with zero attached hydrogens (tertiary/aromatic N) is 5. The predicted octanol–water partition coefficient (Wildman–Crippen LogP) is 3.10. The van der Waals surface area contributed by atoms with Crippen molar-refractivity contribution in [3.8, 4) is 5.13 Å². The second-order valence-electron chi connectivity index (χ2n) is 6.83. The van der Waals surface area contributed by atoms with Gasteiger partial charge in [-0.15, -0.1) is 0 Å². The molecule has 0 saturated heterocycles. The Morgan fingerprint density at radius 1 is 1.23 bits per heavy atom. The Hall–Kier alpha value is -3.40. The number of Topliss-reactive ketones (excluding diaryl/α,β-unsaturated/α-hetero) is 1. The van der Waals surface area contributed by atoms with E-state index < -0.39 is 0 Å². The van der Waals surface area contributed by atoms with E-state index in [-0.39, 0.29) is 30.3 Å². The zero-order chi connectivity index (χ0) is 21.3. The summed E-state index contributed by atoms with van der Waals surface area (Å²) in [5.41, 5.74) is 1.65. The SMILES string of the molecule is Cc1cc(CCC(=O)c2sc(-n3cnn(Cc4ccc(F)cc4)c3=O)nc2C)no1. The zero-order valence-electron chi connectivity index (χ0n) is 16.3. The fraction of sp³-hybridized carbons (Fsp3) is 0.250. The van der Waals surface area contributed by atoms with Crippen molar-refractivity contribution in [2.75, 3.05) is 0 Å². The van der Waals surface area contributed by atoms with Gasteiger partial charge in [0, 0.05) is 18.9 Å². The van der Waals surface area contributed by atoms with Crippen molar-refractivity contribution in [1.82, 2.24) is 24.5 Å². The van der Waals surface area contributed by atoms with Crippen molar-refractivity contribution in [1.29, 1.82) is 0 Å². The minimum Gasteiger partial charge on any atom is -0.361 e. The van der Waals surface area contributed by atoms with Crippen molar-refractivity contribution >= 4 is 17.1 Å². The van der Waals surface area contributed by atoms with Gasteiger partial charge in [-0.05, 0) is 31.5 Å². The van der Waals surface area contributed by atoms with E-state index in [9.17, 15) is 14.0 Å². The summed E-state index contributed by atoms with van der Waals surface area (Å²) in [5, 5.41) is 8.38. The molecule has 0 radical (unpaired) electrons. The standard InChI is InChI=1S/C20H18FN5O3S/c1-12-9-16(24-29-12)7-8-17(27)18-13(2)23-19(30-18)25-11-22-26(20(25)28)10-14-3-5-15(21)6-4-14/h3-6,9,11H,7-8,10H2,1-2H3. The fourth-order valence-corrected chi connectivity index (χ4v) is 3.97. The van der Waals surface area contributed by atoms with Crippen molar-refractivity contribution in [3.63, 3.8) is 0 Å². The molecule has 3 aromatic heterocycles. The van der Waals surface area contributed by atoms with Crippen molar-refractivity contribution in [2.45, 2.75) is 33.2 Å². The Kier molecular flexibility index (Phi) is 5.40. The number of benzene rings is 1. The lowest BCUT2D eigenvalue weighted by molar-refractivity contribution is 0.0985. The summed E-state index contributed by atoms with van der Waals surface area (Å²) in [4.78, 5) is 30.2. The average Bonchev–Trinajstić information content (AvgIpc) is 3.41. The number of thiazole rings is 1. The second-order valence-corrected chi connectivity index (χ2v) is 7.81. The summed E-state index contributed by atoms with van der Waals surface area (Å²) in [5.74, 6) is 0.292. The number of hydrogen-bond acceptors (Lipinski definition) is 7. The van der Waals surface area contributed by atoms with Gasteiger partial charge in [-0.1, -0.05) is 28.6 Å². The Morgan fingerprint density at radius 3 is 2.70 bits per heavy atom. The summed E-state index contributed by atoms with van der Waals surface area (Å²) in [6, 6.07) is 7.66. The topological polar surface area (TPSA) is 95.8 Å². The molecule has 0 bridgehead atoms. The summed E-state index contributed by atoms with van der Waals surface area (Å²) in [6.45, 7) is 3.74. The van der Waals surface area contributed by atoms with Crippen LogP contribution in [-0.2, 0) is 13.0 Å². The van der Waals surface area contributed by atoms with Gasteiger partial charge in [-0.3, -0.25) is 4.79 Å². The summed E-state index contributed by atoms with van der Waals surface area (Å²) < 4.78 is 20.6. The Balaban J connectivity index is 1.51. The van der Waals surface area contributed by atoms with Crippen molar-refractivity contribution in [2.24, 2.45) is 0 Å². The highest BCUT2D eigenvalue weighted by atomic mass is 32.1. The third kappa shape index (κ3) is 4.13. The van der Waals surface area contributed by atoms with E-state index in [1.807, 2.05) is 0 Å². The van der Waals surface area contributed by atoms with Crippen LogP contribution in [0.3, 0.4) is 0 Å². The van der Waals surface area contributed by atoms with Crippen LogP contribution in [0, 0.1) is 19.7 Å². The Morgan fingerprint density at radius 2 is 2.00 bits per heavy atom. The lowest BCUT2D eigenvalue weighted by atomic mass is 10.1. The van der Waals surface area contributed by atoms with E-state index >= 15 is 0 Å². The molecular formula is C20H18FN5O3S. The molecule has 4 rings (SSSR count). The van der Waals surface area contributed by atoms with Gasteiger partial charge >= 0.3 is 5.69 Å². The maximum absolute atomic E-state index is 13.1. The molecule has 0 saturated carbocycles. The summed E-state index contributed by atoms with van der Waals surface area (Å²) in [6.07, 6.45) is 2.11. The van der Waals surface area contributed by atoms with E-state index in [4.69, 9.17) is 4.52 Å². The molecule has 0 amide bonds. The van der Waals surface area contributed by atoms with Gasteiger partial charge in [-0.25, -0.2) is 23.4 Å². The highest BCUT2D eigenvalue weighted by molar-refractivity contribution is 7.16. The molecule has 0 N–H and O–H groups in total. The molecule has 154 valence electrons. The van der Waals surface area contributed by atoms with Gasteiger partial charge in [0.1, 0.15) is 17.9 Å². The molecule has 8 nitrogen and oxygen atoms in total. The van der Waals surface area contributed by atoms with Gasteiger partial charge < -0.3 is 4.52 Å². The molecule has 1 aromatic carbocycles. The quantitative estimate of drug-likeness (QED) is 0.421. The maximum Gasteiger partial charge on any atom is 0.352 e. The van der Waals surface area contributed by atoms with Crippen LogP contribution in [0.2, 0.25) is 0 Å². The van der Waals surface area contributed by atoms with Crippen molar-refractivity contribution < 1.29 is 13.7 Å². The number of halogens is 1. The molecule has 0 fully saturated rings. The second kappa shape index (κ2) is 8.15. The van der Waals surface area contributed by atoms with Gasteiger partial charge in [0.05, 0.1) is 22.8 Å². The van der Waals surface area contributed by atoms with Crippen LogP contribution in [0.25, 0.3) is 5.13 Å². The molecule has 0 aliphatic rings. The smallest absolute Gasteiger partial charge is 0.352 e. The molecule has 0 unspecified atom stereocenters. The van der Waals surface area contributed by atoms with Crippen LogP contribution in [0.15, 0.2) is 46.0 Å². The minimum absolute atomic E-state index is 0.0661. The minimum atomic E-state index is -0.384. The summed E-state index contributed by atoms with van der Waals surface area (Å²) >= 11 is 1.15. The first-order chi connectivity index (χ1) is 14.4. The first-order valence-electron chi connectivity index (χ1n) is 9.23. The van der Waals surface area contributed by atoms with E-state index in [1.54, 1.807) is 32.0 Å². The number of hydrogen-bond donors (Lipinski definition) is 0. The Labute approximate surface area is 174 Å². The molecule has 0 atom stereocenters. The number of aromatic nitrogens is 5. The normalized spacial score (nSPS) is 11.2. The number of aryl methyl sites for hydroxylation is 3. The van der Waals surface area contributed by atoms with E-state index in [1.165, 1.54) is 27.7 Å². The molecule has 30 heavy (non-hydrogen) atoms. The number of rotatable bonds is 7. The Bertz CT molecular complexity index is 1250. The van der Waals surface area contributed by atoms with Crippen LogP contribution in [0.4, 0.5) is 4.39 Å². The molecule has 10 heteroatoms. The number of ketones is 1. The number of carbonyl (C=O) groups is 1. The first-order valence-corrected chi connectivity index (χ1v) is 10.0. The maximum atomic E-state index is 13.1. The van der Waals surface area contributed by atoms with Gasteiger partial charge in [0.2, 0.25) is 0 Å². The molecular weight excluding hydrogens is 409 g/mol. The summed E-state index contributed by atoms with van der Waals surface area (Å²) in [7, 11) is 0. The van der Waals surface area contributed by atoms with Crippen LogP contribution < -0.4 is 5.69 Å². The molecule has 0 aliphatic carbocycles.